The minimum Gasteiger partial charge on any atom is -0.348 e. The maximum Gasteiger partial charge on any atom is 0.237 e. The lowest BCUT2D eigenvalue weighted by atomic mass is 9.98. The van der Waals surface area contributed by atoms with Crippen molar-refractivity contribution in [1.29, 1.82) is 0 Å². The van der Waals surface area contributed by atoms with Gasteiger partial charge < -0.3 is 10.6 Å². The molecule has 0 spiro atoms. The van der Waals surface area contributed by atoms with Crippen LogP contribution in [0, 0.1) is 0 Å². The molecule has 3 aromatic rings. The fourth-order valence-corrected chi connectivity index (χ4v) is 4.52. The van der Waals surface area contributed by atoms with Gasteiger partial charge in [-0.2, -0.15) is 0 Å². The van der Waals surface area contributed by atoms with E-state index in [9.17, 15) is 4.79 Å². The van der Waals surface area contributed by atoms with Gasteiger partial charge in [-0.05, 0) is 35.9 Å². The molecular weight excluding hydrogens is 352 g/mol. The van der Waals surface area contributed by atoms with Crippen molar-refractivity contribution in [2.45, 2.75) is 32.0 Å². The van der Waals surface area contributed by atoms with Gasteiger partial charge in [-0.1, -0.05) is 48.5 Å². The molecule has 0 aliphatic carbocycles. The summed E-state index contributed by atoms with van der Waals surface area (Å²) in [5.41, 5.74) is 2.46. The van der Waals surface area contributed by atoms with E-state index in [0.29, 0.717) is 0 Å². The van der Waals surface area contributed by atoms with Crippen molar-refractivity contribution >= 4 is 39.7 Å². The molecule has 1 aliphatic heterocycles. The van der Waals surface area contributed by atoms with Crippen LogP contribution in [0.5, 0.6) is 0 Å². The zero-order valence-corrected chi connectivity index (χ0v) is 15.6. The number of carbonyl (C=O) groups excluding carboxylic acids is 1. The molecule has 2 heterocycles. The second-order valence-electron chi connectivity index (χ2n) is 6.28. The van der Waals surface area contributed by atoms with E-state index in [1.165, 1.54) is 20.5 Å². The first-order valence-electron chi connectivity index (χ1n) is 8.30. The standard InChI is InChI=1S/C20H20N2OS.ClH/c1-13(14-7-3-2-4-8-14)22-20(23)17-11-16-15-9-5-6-10-18(15)24-19(16)12-21-17;/h2-10,13,17,21H,11-12H2,1H3,(H,22,23);1H/t13-,17+;/m0./s1. The normalized spacial score (nSPS) is 17.4. The third-order valence-electron chi connectivity index (χ3n) is 4.67. The van der Waals surface area contributed by atoms with E-state index in [1.807, 2.05) is 48.6 Å². The van der Waals surface area contributed by atoms with Gasteiger partial charge >= 0.3 is 0 Å². The fraction of sp³-hybridized carbons (Fsp3) is 0.250. The SMILES string of the molecule is C[C@H](NC(=O)[C@H]1Cc2c(sc3ccccc23)CN1)c1ccccc1.Cl. The van der Waals surface area contributed by atoms with Crippen molar-refractivity contribution in [1.82, 2.24) is 10.6 Å². The Bertz CT molecular complexity index is 878. The molecule has 5 heteroatoms. The van der Waals surface area contributed by atoms with Gasteiger partial charge in [-0.15, -0.1) is 23.7 Å². The van der Waals surface area contributed by atoms with Gasteiger partial charge in [0.25, 0.3) is 0 Å². The molecule has 1 aromatic heterocycles. The summed E-state index contributed by atoms with van der Waals surface area (Å²) in [4.78, 5) is 14.0. The van der Waals surface area contributed by atoms with Gasteiger partial charge in [0.1, 0.15) is 0 Å². The molecule has 2 atom stereocenters. The van der Waals surface area contributed by atoms with E-state index in [4.69, 9.17) is 0 Å². The molecule has 2 N–H and O–H groups in total. The molecule has 1 amide bonds. The first-order valence-corrected chi connectivity index (χ1v) is 9.12. The summed E-state index contributed by atoms with van der Waals surface area (Å²) in [6.45, 7) is 2.80. The van der Waals surface area contributed by atoms with Crippen LogP contribution in [0.2, 0.25) is 0 Å². The van der Waals surface area contributed by atoms with Crippen LogP contribution in [0.15, 0.2) is 54.6 Å². The van der Waals surface area contributed by atoms with Gasteiger partial charge in [0.15, 0.2) is 0 Å². The van der Waals surface area contributed by atoms with Gasteiger partial charge in [0.2, 0.25) is 5.91 Å². The number of benzene rings is 2. The second kappa shape index (κ2) is 7.56. The zero-order chi connectivity index (χ0) is 16.5. The highest BCUT2D eigenvalue weighted by atomic mass is 35.5. The minimum absolute atomic E-state index is 0. The average molecular weight is 373 g/mol. The van der Waals surface area contributed by atoms with Crippen LogP contribution in [-0.2, 0) is 17.8 Å². The summed E-state index contributed by atoms with van der Waals surface area (Å²) >= 11 is 1.83. The van der Waals surface area contributed by atoms with Crippen molar-refractivity contribution < 1.29 is 4.79 Å². The molecule has 0 fully saturated rings. The monoisotopic (exact) mass is 372 g/mol. The summed E-state index contributed by atoms with van der Waals surface area (Å²) in [5.74, 6) is 0.0762. The van der Waals surface area contributed by atoms with Crippen molar-refractivity contribution in [3.8, 4) is 0 Å². The predicted octanol–water partition coefficient (Wildman–Crippen LogP) is 4.21. The summed E-state index contributed by atoms with van der Waals surface area (Å²) in [5, 5.41) is 7.83. The van der Waals surface area contributed by atoms with E-state index in [1.54, 1.807) is 0 Å². The molecule has 25 heavy (non-hydrogen) atoms. The Labute approximate surface area is 157 Å². The quantitative estimate of drug-likeness (QED) is 0.722. The maximum atomic E-state index is 12.7. The van der Waals surface area contributed by atoms with E-state index >= 15 is 0 Å². The van der Waals surface area contributed by atoms with Gasteiger partial charge in [-0.3, -0.25) is 4.79 Å². The maximum absolute atomic E-state index is 12.7. The molecule has 0 bridgehead atoms. The Morgan fingerprint density at radius 1 is 1.16 bits per heavy atom. The smallest absolute Gasteiger partial charge is 0.237 e. The average Bonchev–Trinajstić information content (AvgIpc) is 3.00. The summed E-state index contributed by atoms with van der Waals surface area (Å²) < 4.78 is 1.31. The number of thiophene rings is 1. The summed E-state index contributed by atoms with van der Waals surface area (Å²) in [6, 6.07) is 18.4. The first kappa shape index (κ1) is 17.9. The molecule has 0 saturated heterocycles. The van der Waals surface area contributed by atoms with Crippen LogP contribution in [-0.4, -0.2) is 11.9 Å². The molecular formula is C20H21ClN2OS. The molecule has 0 unspecified atom stereocenters. The Kier molecular flexibility index (Phi) is 5.42. The van der Waals surface area contributed by atoms with E-state index in [2.05, 4.69) is 34.9 Å². The van der Waals surface area contributed by atoms with E-state index in [-0.39, 0.29) is 30.4 Å². The number of fused-ring (bicyclic) bond motifs is 3. The number of rotatable bonds is 3. The van der Waals surface area contributed by atoms with Gasteiger partial charge in [-0.25, -0.2) is 0 Å². The minimum atomic E-state index is -0.165. The Balaban J connectivity index is 0.00000182. The van der Waals surface area contributed by atoms with E-state index in [0.717, 1.165) is 18.5 Å². The van der Waals surface area contributed by atoms with Crippen molar-refractivity contribution in [2.24, 2.45) is 0 Å². The van der Waals surface area contributed by atoms with Gasteiger partial charge in [0, 0.05) is 16.1 Å². The van der Waals surface area contributed by atoms with Crippen LogP contribution in [0.25, 0.3) is 10.1 Å². The number of halogens is 1. The van der Waals surface area contributed by atoms with Crippen LogP contribution in [0.1, 0.15) is 29.0 Å². The summed E-state index contributed by atoms with van der Waals surface area (Å²) in [7, 11) is 0. The van der Waals surface area contributed by atoms with Crippen molar-refractivity contribution in [3.05, 3.63) is 70.6 Å². The lowest BCUT2D eigenvalue weighted by molar-refractivity contribution is -0.124. The Morgan fingerprint density at radius 2 is 1.88 bits per heavy atom. The highest BCUT2D eigenvalue weighted by molar-refractivity contribution is 7.19. The van der Waals surface area contributed by atoms with Crippen LogP contribution in [0.3, 0.4) is 0 Å². The Morgan fingerprint density at radius 3 is 2.68 bits per heavy atom. The predicted molar refractivity (Wildman–Crippen MR) is 106 cm³/mol. The van der Waals surface area contributed by atoms with Crippen molar-refractivity contribution in [3.63, 3.8) is 0 Å². The summed E-state index contributed by atoms with van der Waals surface area (Å²) in [6.07, 6.45) is 0.757. The topological polar surface area (TPSA) is 41.1 Å². The number of amides is 1. The van der Waals surface area contributed by atoms with Gasteiger partial charge in [0.05, 0.1) is 12.1 Å². The highest BCUT2D eigenvalue weighted by Crippen LogP contribution is 2.34. The van der Waals surface area contributed by atoms with E-state index < -0.39 is 0 Å². The van der Waals surface area contributed by atoms with Crippen LogP contribution in [0.4, 0.5) is 0 Å². The molecule has 2 aromatic carbocycles. The zero-order valence-electron chi connectivity index (χ0n) is 14.0. The molecule has 1 aliphatic rings. The second-order valence-corrected chi connectivity index (χ2v) is 7.42. The molecule has 4 rings (SSSR count). The number of carbonyl (C=O) groups is 1. The van der Waals surface area contributed by atoms with Crippen molar-refractivity contribution in [2.75, 3.05) is 0 Å². The Hall–Kier alpha value is -1.88. The third-order valence-corrected chi connectivity index (χ3v) is 5.89. The lowest BCUT2D eigenvalue weighted by Crippen LogP contribution is -2.47. The lowest BCUT2D eigenvalue weighted by Gasteiger charge is -2.25. The number of nitrogens with one attached hydrogen (secondary N) is 2. The molecule has 0 saturated carbocycles. The third kappa shape index (κ3) is 3.56. The first-order chi connectivity index (χ1) is 11.7. The molecule has 3 nitrogen and oxygen atoms in total. The largest absolute Gasteiger partial charge is 0.348 e. The molecule has 130 valence electrons. The van der Waals surface area contributed by atoms with Crippen LogP contribution < -0.4 is 10.6 Å². The highest BCUT2D eigenvalue weighted by Gasteiger charge is 2.27. The molecule has 0 radical (unpaired) electrons. The number of hydrogen-bond acceptors (Lipinski definition) is 3. The van der Waals surface area contributed by atoms with Crippen LogP contribution >= 0.6 is 23.7 Å². The fourth-order valence-electron chi connectivity index (χ4n) is 3.33. The number of hydrogen-bond donors (Lipinski definition) is 2.